The summed E-state index contributed by atoms with van der Waals surface area (Å²) in [5.74, 6) is -0.0980. The molecule has 0 heterocycles. The topological polar surface area (TPSA) is 46.6 Å². The van der Waals surface area contributed by atoms with Gasteiger partial charge in [-0.15, -0.1) is 0 Å². The molecule has 0 unspecified atom stereocenters. The summed E-state index contributed by atoms with van der Waals surface area (Å²) < 4.78 is 46.9. The van der Waals surface area contributed by atoms with E-state index < -0.39 is 15.8 Å². The highest BCUT2D eigenvalue weighted by Crippen LogP contribution is 2.30. The fraction of sp³-hybridized carbons (Fsp3) is 0.143. The first-order chi connectivity index (χ1) is 13.3. The molecule has 0 spiro atoms. The van der Waals surface area contributed by atoms with E-state index in [0.29, 0.717) is 17.0 Å². The standard InChI is InChI=1S/C21H19ClFNO3S/c1-15-7-9-17(10-8-15)24(14-16-5-3-4-6-21(16)27-2)28(25,26)18-11-12-20(23)19(22)13-18/h3-13H,14H2,1-2H3. The molecular weight excluding hydrogens is 401 g/mol. The van der Waals surface area contributed by atoms with Crippen molar-refractivity contribution >= 4 is 27.3 Å². The van der Waals surface area contributed by atoms with E-state index in [9.17, 15) is 12.8 Å². The number of sulfonamides is 1. The molecule has 28 heavy (non-hydrogen) atoms. The van der Waals surface area contributed by atoms with Gasteiger partial charge in [0.15, 0.2) is 0 Å². The molecule has 0 fully saturated rings. The van der Waals surface area contributed by atoms with Crippen LogP contribution in [0.25, 0.3) is 0 Å². The Morgan fingerprint density at radius 1 is 1.04 bits per heavy atom. The lowest BCUT2D eigenvalue weighted by molar-refractivity contribution is 0.410. The number of benzene rings is 3. The van der Waals surface area contributed by atoms with Crippen molar-refractivity contribution in [1.82, 2.24) is 0 Å². The number of aryl methyl sites for hydroxylation is 1. The number of nitrogens with zero attached hydrogens (tertiary/aromatic N) is 1. The Morgan fingerprint density at radius 2 is 1.71 bits per heavy atom. The molecule has 0 N–H and O–H groups in total. The minimum absolute atomic E-state index is 0.0460. The molecular formula is C21H19ClFNO3S. The van der Waals surface area contributed by atoms with Crippen LogP contribution in [-0.4, -0.2) is 15.5 Å². The highest BCUT2D eigenvalue weighted by atomic mass is 35.5. The van der Waals surface area contributed by atoms with Gasteiger partial charge in [0.1, 0.15) is 11.6 Å². The van der Waals surface area contributed by atoms with E-state index in [1.54, 1.807) is 24.3 Å². The van der Waals surface area contributed by atoms with Crippen molar-refractivity contribution < 1.29 is 17.5 Å². The average molecular weight is 420 g/mol. The first-order valence-corrected chi connectivity index (χ1v) is 10.3. The minimum Gasteiger partial charge on any atom is -0.496 e. The summed E-state index contributed by atoms with van der Waals surface area (Å²) in [6, 6.07) is 17.7. The Hall–Kier alpha value is -2.57. The summed E-state index contributed by atoms with van der Waals surface area (Å²) in [5.41, 5.74) is 2.18. The number of methoxy groups -OCH3 is 1. The Kier molecular flexibility index (Phi) is 5.91. The fourth-order valence-electron chi connectivity index (χ4n) is 2.78. The van der Waals surface area contributed by atoms with Gasteiger partial charge in [0.05, 0.1) is 29.3 Å². The zero-order chi connectivity index (χ0) is 20.3. The quantitative estimate of drug-likeness (QED) is 0.552. The number of para-hydroxylation sites is 1. The van der Waals surface area contributed by atoms with Crippen molar-refractivity contribution in [3.8, 4) is 5.75 Å². The van der Waals surface area contributed by atoms with E-state index in [0.717, 1.165) is 17.7 Å². The van der Waals surface area contributed by atoms with Crippen LogP contribution in [0.15, 0.2) is 71.6 Å². The van der Waals surface area contributed by atoms with Crippen LogP contribution in [-0.2, 0) is 16.6 Å². The van der Waals surface area contributed by atoms with E-state index in [1.807, 2.05) is 31.2 Å². The van der Waals surface area contributed by atoms with Crippen LogP contribution < -0.4 is 9.04 Å². The summed E-state index contributed by atoms with van der Waals surface area (Å²) in [7, 11) is -2.47. The number of rotatable bonds is 6. The number of hydrogen-bond donors (Lipinski definition) is 0. The van der Waals surface area contributed by atoms with Crippen LogP contribution in [0, 0.1) is 12.7 Å². The second-order valence-electron chi connectivity index (χ2n) is 6.23. The molecule has 0 aliphatic heterocycles. The number of halogens is 2. The van der Waals surface area contributed by atoms with Crippen LogP contribution in [0.3, 0.4) is 0 Å². The van der Waals surface area contributed by atoms with Gasteiger partial charge in [-0.1, -0.05) is 47.5 Å². The first kappa shape index (κ1) is 20.2. The van der Waals surface area contributed by atoms with E-state index in [1.165, 1.54) is 17.5 Å². The first-order valence-electron chi connectivity index (χ1n) is 8.49. The smallest absolute Gasteiger partial charge is 0.264 e. The molecule has 0 amide bonds. The highest BCUT2D eigenvalue weighted by Gasteiger charge is 2.27. The number of ether oxygens (including phenoxy) is 1. The molecule has 4 nitrogen and oxygen atoms in total. The maximum atomic E-state index is 13.5. The Morgan fingerprint density at radius 3 is 2.36 bits per heavy atom. The van der Waals surface area contributed by atoms with E-state index >= 15 is 0 Å². The van der Waals surface area contributed by atoms with Gasteiger partial charge in [-0.05, 0) is 43.3 Å². The lowest BCUT2D eigenvalue weighted by Crippen LogP contribution is -2.30. The van der Waals surface area contributed by atoms with Crippen LogP contribution in [0.1, 0.15) is 11.1 Å². The molecule has 0 aliphatic carbocycles. The molecule has 0 atom stereocenters. The van der Waals surface area contributed by atoms with Crippen LogP contribution in [0.4, 0.5) is 10.1 Å². The predicted octanol–water partition coefficient (Wildman–Crippen LogP) is 5.19. The van der Waals surface area contributed by atoms with Crippen molar-refractivity contribution in [1.29, 1.82) is 0 Å². The van der Waals surface area contributed by atoms with Gasteiger partial charge in [0.2, 0.25) is 0 Å². The van der Waals surface area contributed by atoms with Gasteiger partial charge >= 0.3 is 0 Å². The summed E-state index contributed by atoms with van der Waals surface area (Å²) in [6.07, 6.45) is 0. The van der Waals surface area contributed by atoms with E-state index in [4.69, 9.17) is 16.3 Å². The van der Waals surface area contributed by atoms with Gasteiger partial charge in [0, 0.05) is 5.56 Å². The van der Waals surface area contributed by atoms with Gasteiger partial charge in [-0.3, -0.25) is 4.31 Å². The zero-order valence-corrected chi connectivity index (χ0v) is 17.0. The van der Waals surface area contributed by atoms with E-state index in [-0.39, 0.29) is 16.5 Å². The third kappa shape index (κ3) is 4.13. The van der Waals surface area contributed by atoms with Crippen molar-refractivity contribution in [3.63, 3.8) is 0 Å². The molecule has 3 aromatic carbocycles. The van der Waals surface area contributed by atoms with E-state index in [2.05, 4.69) is 0 Å². The maximum Gasteiger partial charge on any atom is 0.264 e. The molecule has 3 rings (SSSR count). The predicted molar refractivity (Wildman–Crippen MR) is 109 cm³/mol. The second kappa shape index (κ2) is 8.20. The maximum absolute atomic E-state index is 13.5. The summed E-state index contributed by atoms with van der Waals surface area (Å²) in [5, 5.41) is -0.248. The van der Waals surface area contributed by atoms with Gasteiger partial charge in [0.25, 0.3) is 10.0 Å². The molecule has 146 valence electrons. The normalized spacial score (nSPS) is 11.3. The summed E-state index contributed by atoms with van der Waals surface area (Å²) in [4.78, 5) is -0.0885. The SMILES string of the molecule is COc1ccccc1CN(c1ccc(C)cc1)S(=O)(=O)c1ccc(F)c(Cl)c1. The number of anilines is 1. The van der Waals surface area contributed by atoms with Gasteiger partial charge < -0.3 is 4.74 Å². The van der Waals surface area contributed by atoms with Crippen LogP contribution >= 0.6 is 11.6 Å². The summed E-state index contributed by atoms with van der Waals surface area (Å²) in [6.45, 7) is 1.97. The molecule has 0 aliphatic rings. The third-order valence-corrected chi connectivity index (χ3v) is 6.37. The molecule has 0 radical (unpaired) electrons. The largest absolute Gasteiger partial charge is 0.496 e. The van der Waals surface area contributed by atoms with Crippen molar-refractivity contribution in [3.05, 3.63) is 88.7 Å². The highest BCUT2D eigenvalue weighted by molar-refractivity contribution is 7.92. The number of hydrogen-bond acceptors (Lipinski definition) is 3. The monoisotopic (exact) mass is 419 g/mol. The third-order valence-electron chi connectivity index (χ3n) is 4.31. The molecule has 3 aromatic rings. The lowest BCUT2D eigenvalue weighted by Gasteiger charge is -2.25. The lowest BCUT2D eigenvalue weighted by atomic mass is 10.2. The van der Waals surface area contributed by atoms with Crippen molar-refractivity contribution in [2.24, 2.45) is 0 Å². The molecule has 0 saturated carbocycles. The van der Waals surface area contributed by atoms with Gasteiger partial charge in [-0.25, -0.2) is 12.8 Å². The summed E-state index contributed by atoms with van der Waals surface area (Å²) >= 11 is 5.82. The molecule has 0 bridgehead atoms. The second-order valence-corrected chi connectivity index (χ2v) is 8.50. The Balaban J connectivity index is 2.12. The molecule has 7 heteroatoms. The van der Waals surface area contributed by atoms with Crippen molar-refractivity contribution in [2.75, 3.05) is 11.4 Å². The zero-order valence-electron chi connectivity index (χ0n) is 15.4. The average Bonchev–Trinajstić information content (AvgIpc) is 2.69. The van der Waals surface area contributed by atoms with Crippen LogP contribution in [0.5, 0.6) is 5.75 Å². The minimum atomic E-state index is -4.00. The van der Waals surface area contributed by atoms with Crippen molar-refractivity contribution in [2.45, 2.75) is 18.4 Å². The Labute approximate surface area is 169 Å². The fourth-order valence-corrected chi connectivity index (χ4v) is 4.49. The molecule has 0 saturated heterocycles. The molecule has 0 aromatic heterocycles. The Bertz CT molecular complexity index is 1090. The van der Waals surface area contributed by atoms with Crippen LogP contribution in [0.2, 0.25) is 5.02 Å². The van der Waals surface area contributed by atoms with Gasteiger partial charge in [-0.2, -0.15) is 0 Å².